The molecule has 0 heterocycles. The Balaban J connectivity index is 2.52. The van der Waals surface area contributed by atoms with Gasteiger partial charge in [-0.15, -0.1) is 0 Å². The Morgan fingerprint density at radius 2 is 1.89 bits per heavy atom. The number of likely N-dealkylation sites (N-methyl/N-ethyl adjacent to an activating group) is 1. The van der Waals surface area contributed by atoms with Crippen molar-refractivity contribution in [2.24, 2.45) is 0 Å². The molecule has 18 heavy (non-hydrogen) atoms. The number of rotatable bonds is 5. The van der Waals surface area contributed by atoms with Gasteiger partial charge in [0.25, 0.3) is 0 Å². The highest BCUT2D eigenvalue weighted by Gasteiger charge is 2.07. The maximum absolute atomic E-state index is 13.4. The standard InChI is InChI=1S/C14H21FN2O/c1-5-17(4)13(18)9-16-8-12-6-10(2)14(15)11(3)7-12/h6-7,16H,5,8-9H2,1-4H3. The van der Waals surface area contributed by atoms with E-state index in [0.29, 0.717) is 30.8 Å². The van der Waals surface area contributed by atoms with Crippen molar-refractivity contribution in [1.29, 1.82) is 0 Å². The Hall–Kier alpha value is -1.42. The minimum absolute atomic E-state index is 0.0630. The molecule has 0 aliphatic carbocycles. The first-order valence-electron chi connectivity index (χ1n) is 6.16. The number of hydrogen-bond acceptors (Lipinski definition) is 2. The summed E-state index contributed by atoms with van der Waals surface area (Å²) in [6, 6.07) is 3.62. The number of benzene rings is 1. The number of carbonyl (C=O) groups is 1. The molecular weight excluding hydrogens is 231 g/mol. The molecule has 0 bridgehead atoms. The number of aryl methyl sites for hydroxylation is 2. The number of halogens is 1. The zero-order chi connectivity index (χ0) is 13.7. The van der Waals surface area contributed by atoms with E-state index in [2.05, 4.69) is 5.32 Å². The average molecular weight is 252 g/mol. The largest absolute Gasteiger partial charge is 0.345 e. The smallest absolute Gasteiger partial charge is 0.236 e. The quantitative estimate of drug-likeness (QED) is 0.869. The third kappa shape index (κ3) is 3.81. The second-order valence-corrected chi connectivity index (χ2v) is 4.56. The molecule has 4 heteroatoms. The van der Waals surface area contributed by atoms with E-state index < -0.39 is 0 Å². The van der Waals surface area contributed by atoms with Crippen molar-refractivity contribution in [3.05, 3.63) is 34.6 Å². The Labute approximate surface area is 108 Å². The number of amides is 1. The van der Waals surface area contributed by atoms with Gasteiger partial charge in [0, 0.05) is 20.1 Å². The number of nitrogens with one attached hydrogen (secondary N) is 1. The van der Waals surface area contributed by atoms with Crippen LogP contribution in [0.5, 0.6) is 0 Å². The van der Waals surface area contributed by atoms with Gasteiger partial charge in [0.2, 0.25) is 5.91 Å². The fourth-order valence-corrected chi connectivity index (χ4v) is 1.76. The van der Waals surface area contributed by atoms with Crippen LogP contribution < -0.4 is 5.32 Å². The van der Waals surface area contributed by atoms with Crippen LogP contribution >= 0.6 is 0 Å². The van der Waals surface area contributed by atoms with E-state index >= 15 is 0 Å². The molecule has 0 saturated carbocycles. The molecule has 1 aromatic carbocycles. The van der Waals surface area contributed by atoms with Gasteiger partial charge in [-0.1, -0.05) is 12.1 Å². The van der Waals surface area contributed by atoms with E-state index in [9.17, 15) is 9.18 Å². The van der Waals surface area contributed by atoms with Crippen LogP contribution in [0.3, 0.4) is 0 Å². The van der Waals surface area contributed by atoms with E-state index in [1.54, 1.807) is 25.8 Å². The molecule has 1 aromatic rings. The van der Waals surface area contributed by atoms with Gasteiger partial charge in [-0.25, -0.2) is 4.39 Å². The maximum atomic E-state index is 13.4. The summed E-state index contributed by atoms with van der Waals surface area (Å²) in [5.41, 5.74) is 2.28. The van der Waals surface area contributed by atoms with E-state index in [1.807, 2.05) is 19.1 Å². The zero-order valence-corrected chi connectivity index (χ0v) is 11.5. The number of nitrogens with zero attached hydrogens (tertiary/aromatic N) is 1. The first-order valence-corrected chi connectivity index (χ1v) is 6.16. The van der Waals surface area contributed by atoms with Gasteiger partial charge in [0.05, 0.1) is 6.54 Å². The van der Waals surface area contributed by atoms with E-state index in [1.165, 1.54) is 0 Å². The average Bonchev–Trinajstić information content (AvgIpc) is 2.34. The fraction of sp³-hybridized carbons (Fsp3) is 0.500. The first-order chi connectivity index (χ1) is 8.45. The summed E-state index contributed by atoms with van der Waals surface area (Å²) in [4.78, 5) is 13.2. The van der Waals surface area contributed by atoms with Gasteiger partial charge < -0.3 is 10.2 Å². The third-order valence-corrected chi connectivity index (χ3v) is 3.00. The van der Waals surface area contributed by atoms with Gasteiger partial charge in [0.15, 0.2) is 0 Å². The van der Waals surface area contributed by atoms with E-state index in [-0.39, 0.29) is 11.7 Å². The molecule has 0 spiro atoms. The van der Waals surface area contributed by atoms with Crippen molar-refractivity contribution < 1.29 is 9.18 Å². The lowest BCUT2D eigenvalue weighted by molar-refractivity contribution is -0.128. The number of hydrogen-bond donors (Lipinski definition) is 1. The third-order valence-electron chi connectivity index (χ3n) is 3.00. The molecule has 3 nitrogen and oxygen atoms in total. The summed E-state index contributed by atoms with van der Waals surface area (Å²) < 4.78 is 13.4. The summed E-state index contributed by atoms with van der Waals surface area (Å²) in [5.74, 6) is -0.0893. The SMILES string of the molecule is CCN(C)C(=O)CNCc1cc(C)c(F)c(C)c1. The zero-order valence-electron chi connectivity index (χ0n) is 11.5. The summed E-state index contributed by atoms with van der Waals surface area (Å²) in [5, 5.41) is 3.08. The lowest BCUT2D eigenvalue weighted by Gasteiger charge is -2.15. The van der Waals surface area contributed by atoms with Crippen molar-refractivity contribution in [3.8, 4) is 0 Å². The molecule has 0 atom stereocenters. The van der Waals surface area contributed by atoms with Gasteiger partial charge in [-0.2, -0.15) is 0 Å². The summed E-state index contributed by atoms with van der Waals surface area (Å²) >= 11 is 0. The highest BCUT2D eigenvalue weighted by molar-refractivity contribution is 5.77. The second kappa shape index (κ2) is 6.50. The highest BCUT2D eigenvalue weighted by Crippen LogP contribution is 2.14. The summed E-state index contributed by atoms with van der Waals surface area (Å²) in [7, 11) is 1.77. The molecule has 0 aromatic heterocycles. The normalized spacial score (nSPS) is 10.5. The van der Waals surface area contributed by atoms with Crippen molar-refractivity contribution >= 4 is 5.91 Å². The molecule has 1 rings (SSSR count). The van der Waals surface area contributed by atoms with Crippen LogP contribution in [-0.4, -0.2) is 30.9 Å². The van der Waals surface area contributed by atoms with Gasteiger partial charge in [-0.3, -0.25) is 4.79 Å². The monoisotopic (exact) mass is 252 g/mol. The Morgan fingerprint density at radius 1 is 1.33 bits per heavy atom. The predicted molar refractivity (Wildman–Crippen MR) is 70.9 cm³/mol. The van der Waals surface area contributed by atoms with Gasteiger partial charge >= 0.3 is 0 Å². The highest BCUT2D eigenvalue weighted by atomic mass is 19.1. The van der Waals surface area contributed by atoms with Crippen LogP contribution in [0.15, 0.2) is 12.1 Å². The molecular formula is C14H21FN2O. The Kier molecular flexibility index (Phi) is 5.28. The molecule has 0 fully saturated rings. The van der Waals surface area contributed by atoms with Crippen LogP contribution in [0.1, 0.15) is 23.6 Å². The molecule has 100 valence electrons. The van der Waals surface area contributed by atoms with Gasteiger partial charge in [-0.05, 0) is 37.5 Å². The molecule has 0 aliphatic heterocycles. The van der Waals surface area contributed by atoms with Crippen LogP contribution in [-0.2, 0) is 11.3 Å². The lowest BCUT2D eigenvalue weighted by Crippen LogP contribution is -2.35. The van der Waals surface area contributed by atoms with E-state index in [4.69, 9.17) is 0 Å². The molecule has 0 saturated heterocycles. The Bertz CT molecular complexity index is 409. The molecule has 0 aliphatic rings. The molecule has 1 N–H and O–H groups in total. The lowest BCUT2D eigenvalue weighted by atomic mass is 10.1. The molecule has 1 amide bonds. The summed E-state index contributed by atoms with van der Waals surface area (Å²) in [6.45, 7) is 7.02. The van der Waals surface area contributed by atoms with Crippen LogP contribution in [0.25, 0.3) is 0 Å². The fourth-order valence-electron chi connectivity index (χ4n) is 1.76. The van der Waals surface area contributed by atoms with Gasteiger partial charge in [0.1, 0.15) is 5.82 Å². The topological polar surface area (TPSA) is 32.3 Å². The second-order valence-electron chi connectivity index (χ2n) is 4.56. The van der Waals surface area contributed by atoms with E-state index in [0.717, 1.165) is 5.56 Å². The van der Waals surface area contributed by atoms with Crippen LogP contribution in [0, 0.1) is 19.7 Å². The number of carbonyl (C=O) groups excluding carboxylic acids is 1. The predicted octanol–water partition coefficient (Wildman–Crippen LogP) is 2.01. The van der Waals surface area contributed by atoms with Crippen molar-refractivity contribution in [2.45, 2.75) is 27.3 Å². The Morgan fingerprint density at radius 3 is 2.39 bits per heavy atom. The first kappa shape index (κ1) is 14.6. The minimum atomic E-state index is -0.152. The van der Waals surface area contributed by atoms with Crippen molar-refractivity contribution in [1.82, 2.24) is 10.2 Å². The van der Waals surface area contributed by atoms with Crippen molar-refractivity contribution in [3.63, 3.8) is 0 Å². The van der Waals surface area contributed by atoms with Crippen molar-refractivity contribution in [2.75, 3.05) is 20.1 Å². The molecule has 0 unspecified atom stereocenters. The van der Waals surface area contributed by atoms with Crippen LogP contribution in [0.4, 0.5) is 4.39 Å². The minimum Gasteiger partial charge on any atom is -0.345 e. The van der Waals surface area contributed by atoms with Crippen LogP contribution in [0.2, 0.25) is 0 Å². The summed E-state index contributed by atoms with van der Waals surface area (Å²) in [6.07, 6.45) is 0. The maximum Gasteiger partial charge on any atom is 0.236 e. The molecule has 0 radical (unpaired) electrons.